The summed E-state index contributed by atoms with van der Waals surface area (Å²) < 4.78 is 22.1. The minimum absolute atomic E-state index is 0.132. The fourth-order valence-electron chi connectivity index (χ4n) is 4.40. The van der Waals surface area contributed by atoms with Gasteiger partial charge in [-0.3, -0.25) is 14.2 Å². The maximum Gasteiger partial charge on any atom is 0.262 e. The fourth-order valence-corrected chi connectivity index (χ4v) is 4.53. The van der Waals surface area contributed by atoms with Crippen LogP contribution in [0.4, 0.5) is 0 Å². The van der Waals surface area contributed by atoms with E-state index in [9.17, 15) is 9.59 Å². The van der Waals surface area contributed by atoms with E-state index >= 15 is 0 Å². The highest BCUT2D eigenvalue weighted by atomic mass is 35.5. The van der Waals surface area contributed by atoms with Crippen molar-refractivity contribution in [3.8, 4) is 11.5 Å². The largest absolute Gasteiger partial charge is 0.497 e. The molecule has 0 saturated carbocycles. The van der Waals surface area contributed by atoms with E-state index in [2.05, 4.69) is 5.32 Å². The van der Waals surface area contributed by atoms with Gasteiger partial charge in [0.2, 0.25) is 5.91 Å². The van der Waals surface area contributed by atoms with Gasteiger partial charge in [0.25, 0.3) is 5.91 Å². The molecule has 0 bridgehead atoms. The number of benzene rings is 3. The summed E-state index contributed by atoms with van der Waals surface area (Å²) in [5.74, 6) is 1.09. The molecule has 1 aliphatic rings. The molecule has 210 valence electrons. The van der Waals surface area contributed by atoms with Crippen LogP contribution in [0.3, 0.4) is 0 Å². The molecule has 1 aromatic heterocycles. The lowest BCUT2D eigenvalue weighted by atomic mass is 10.1. The van der Waals surface area contributed by atoms with Gasteiger partial charge in [-0.25, -0.2) is 0 Å². The molecule has 3 aromatic carbocycles. The van der Waals surface area contributed by atoms with Crippen molar-refractivity contribution in [2.75, 3.05) is 40.6 Å². The van der Waals surface area contributed by atoms with Crippen LogP contribution >= 0.6 is 11.6 Å². The Kier molecular flexibility index (Phi) is 10.2. The summed E-state index contributed by atoms with van der Waals surface area (Å²) in [5, 5.41) is 4.33. The molecular formula is C31H33ClN2O6. The van der Waals surface area contributed by atoms with Crippen molar-refractivity contribution in [2.24, 2.45) is 0 Å². The van der Waals surface area contributed by atoms with Gasteiger partial charge in [0.15, 0.2) is 0 Å². The number of fused-ring (bicyclic) bond motifs is 1. The summed E-state index contributed by atoms with van der Waals surface area (Å²) in [5.41, 5.74) is 3.69. The van der Waals surface area contributed by atoms with E-state index in [1.807, 2.05) is 43.3 Å². The maximum atomic E-state index is 13.4. The van der Waals surface area contributed by atoms with Crippen LogP contribution in [0, 0.1) is 6.92 Å². The fraction of sp³-hybridized carbons (Fsp3) is 0.290. The first-order valence-corrected chi connectivity index (χ1v) is 13.3. The molecule has 1 amide bonds. The van der Waals surface area contributed by atoms with E-state index in [-0.39, 0.29) is 18.2 Å². The summed E-state index contributed by atoms with van der Waals surface area (Å²) in [4.78, 5) is 26.3. The van der Waals surface area contributed by atoms with E-state index in [0.29, 0.717) is 28.6 Å². The standard InChI is InChI=1S/C27H25ClN2O4.C4H8O2/c1-17-23(15-26(31)29-16-18-4-10-21(33-2)11-5-18)24-14-22(34-3)12-13-25(24)30(17)27(32)19-6-8-20(28)9-7-19;1-2-6-4-3-5-1/h4-14H,15-16H2,1-3H3,(H,29,31);1-4H2. The topological polar surface area (TPSA) is 88.0 Å². The van der Waals surface area contributed by atoms with Gasteiger partial charge in [0, 0.05) is 28.2 Å². The first kappa shape index (κ1) is 29.1. The zero-order chi connectivity index (χ0) is 28.5. The summed E-state index contributed by atoms with van der Waals surface area (Å²) in [7, 11) is 3.20. The molecule has 2 heterocycles. The molecular weight excluding hydrogens is 532 g/mol. The molecule has 0 unspecified atom stereocenters. The van der Waals surface area contributed by atoms with E-state index < -0.39 is 0 Å². The Labute approximate surface area is 238 Å². The first-order chi connectivity index (χ1) is 19.4. The molecule has 1 aliphatic heterocycles. The van der Waals surface area contributed by atoms with E-state index in [1.54, 1.807) is 49.1 Å². The number of ether oxygens (including phenoxy) is 4. The quantitative estimate of drug-likeness (QED) is 0.332. The van der Waals surface area contributed by atoms with Crippen molar-refractivity contribution in [1.82, 2.24) is 9.88 Å². The molecule has 9 heteroatoms. The molecule has 1 saturated heterocycles. The van der Waals surface area contributed by atoms with Gasteiger partial charge in [-0.1, -0.05) is 23.7 Å². The van der Waals surface area contributed by atoms with Crippen LogP contribution in [-0.2, 0) is 27.2 Å². The summed E-state index contributed by atoms with van der Waals surface area (Å²) in [6.45, 7) is 5.36. The number of carbonyl (C=O) groups is 2. The number of nitrogens with zero attached hydrogens (tertiary/aromatic N) is 1. The zero-order valence-electron chi connectivity index (χ0n) is 22.9. The van der Waals surface area contributed by atoms with Crippen LogP contribution in [0.25, 0.3) is 10.9 Å². The van der Waals surface area contributed by atoms with Crippen molar-refractivity contribution >= 4 is 34.3 Å². The van der Waals surface area contributed by atoms with Gasteiger partial charge in [0.1, 0.15) is 11.5 Å². The molecule has 0 radical (unpaired) electrons. The second kappa shape index (κ2) is 14.0. The molecule has 0 aliphatic carbocycles. The Morgan fingerprint density at radius 2 is 1.48 bits per heavy atom. The monoisotopic (exact) mass is 564 g/mol. The van der Waals surface area contributed by atoms with E-state index in [0.717, 1.165) is 54.2 Å². The van der Waals surface area contributed by atoms with Gasteiger partial charge in [-0.15, -0.1) is 0 Å². The maximum absolute atomic E-state index is 13.4. The number of nitrogens with one attached hydrogen (secondary N) is 1. The Hall–Kier alpha value is -3.85. The second-order valence-electron chi connectivity index (χ2n) is 9.12. The minimum Gasteiger partial charge on any atom is -0.497 e. The summed E-state index contributed by atoms with van der Waals surface area (Å²) in [6.07, 6.45) is 0.132. The van der Waals surface area contributed by atoms with Crippen molar-refractivity contribution < 1.29 is 28.5 Å². The normalized spacial score (nSPS) is 12.8. The van der Waals surface area contributed by atoms with Crippen molar-refractivity contribution in [3.05, 3.63) is 94.1 Å². The van der Waals surface area contributed by atoms with Crippen molar-refractivity contribution in [3.63, 3.8) is 0 Å². The predicted molar refractivity (Wildman–Crippen MR) is 155 cm³/mol. The smallest absolute Gasteiger partial charge is 0.262 e. The average molecular weight is 565 g/mol. The molecule has 1 fully saturated rings. The molecule has 40 heavy (non-hydrogen) atoms. The van der Waals surface area contributed by atoms with Crippen LogP contribution in [0.15, 0.2) is 66.7 Å². The van der Waals surface area contributed by atoms with Crippen LogP contribution in [0.5, 0.6) is 11.5 Å². The summed E-state index contributed by atoms with van der Waals surface area (Å²) in [6, 6.07) is 19.8. The van der Waals surface area contributed by atoms with Gasteiger partial charge >= 0.3 is 0 Å². The van der Waals surface area contributed by atoms with Crippen LogP contribution in [0.2, 0.25) is 5.02 Å². The highest BCUT2D eigenvalue weighted by Gasteiger charge is 2.22. The molecule has 5 rings (SSSR count). The minimum atomic E-state index is -0.186. The van der Waals surface area contributed by atoms with Crippen LogP contribution < -0.4 is 14.8 Å². The molecule has 1 N–H and O–H groups in total. The third-order valence-electron chi connectivity index (χ3n) is 6.57. The first-order valence-electron chi connectivity index (χ1n) is 12.9. The number of aromatic nitrogens is 1. The number of hydrogen-bond donors (Lipinski definition) is 1. The molecule has 0 atom stereocenters. The lowest BCUT2D eigenvalue weighted by Crippen LogP contribution is -2.25. The molecule has 0 spiro atoms. The molecule has 8 nitrogen and oxygen atoms in total. The Balaban J connectivity index is 0.000000546. The Morgan fingerprint density at radius 1 is 0.875 bits per heavy atom. The highest BCUT2D eigenvalue weighted by Crippen LogP contribution is 2.31. The number of hydrogen-bond acceptors (Lipinski definition) is 6. The lowest BCUT2D eigenvalue weighted by molar-refractivity contribution is -0.120. The molecule has 4 aromatic rings. The number of halogens is 1. The summed E-state index contributed by atoms with van der Waals surface area (Å²) >= 11 is 5.99. The van der Waals surface area contributed by atoms with Gasteiger partial charge in [-0.05, 0) is 72.6 Å². The van der Waals surface area contributed by atoms with Crippen molar-refractivity contribution in [1.29, 1.82) is 0 Å². The SMILES string of the molecule is C1COCCO1.COc1ccc(CNC(=O)Cc2c(C)n(C(=O)c3ccc(Cl)cc3)c3ccc(OC)cc23)cc1. The van der Waals surface area contributed by atoms with Crippen LogP contribution in [0.1, 0.15) is 27.2 Å². The van der Waals surface area contributed by atoms with Gasteiger partial charge in [0.05, 0.1) is 52.6 Å². The van der Waals surface area contributed by atoms with E-state index in [4.69, 9.17) is 30.5 Å². The number of rotatable bonds is 7. The number of carbonyl (C=O) groups excluding carboxylic acids is 2. The number of methoxy groups -OCH3 is 2. The Bertz CT molecular complexity index is 1430. The average Bonchev–Trinajstić information content (AvgIpc) is 3.27. The predicted octanol–water partition coefficient (Wildman–Crippen LogP) is 5.20. The zero-order valence-corrected chi connectivity index (χ0v) is 23.6. The second-order valence-corrected chi connectivity index (χ2v) is 9.56. The van der Waals surface area contributed by atoms with Crippen molar-refractivity contribution in [2.45, 2.75) is 19.9 Å². The Morgan fingerprint density at radius 3 is 2.05 bits per heavy atom. The van der Waals surface area contributed by atoms with Crippen LogP contribution in [-0.4, -0.2) is 57.0 Å². The third kappa shape index (κ3) is 7.21. The lowest BCUT2D eigenvalue weighted by Gasteiger charge is -2.09. The highest BCUT2D eigenvalue weighted by molar-refractivity contribution is 6.30. The number of amides is 1. The third-order valence-corrected chi connectivity index (χ3v) is 6.82. The van der Waals surface area contributed by atoms with Gasteiger partial charge in [-0.2, -0.15) is 0 Å². The van der Waals surface area contributed by atoms with Gasteiger partial charge < -0.3 is 24.3 Å². The van der Waals surface area contributed by atoms with E-state index in [1.165, 1.54) is 0 Å².